The lowest BCUT2D eigenvalue weighted by molar-refractivity contribution is -0.120. The molecule has 0 fully saturated rings. The Morgan fingerprint density at radius 2 is 1.93 bits per heavy atom. The van der Waals surface area contributed by atoms with E-state index >= 15 is 0 Å². The number of hydrogen-bond acceptors (Lipinski definition) is 4. The van der Waals surface area contributed by atoms with Crippen molar-refractivity contribution in [3.8, 4) is 10.6 Å². The van der Waals surface area contributed by atoms with Crippen LogP contribution in [0.4, 0.5) is 8.78 Å². The van der Waals surface area contributed by atoms with Gasteiger partial charge in [-0.15, -0.1) is 23.1 Å². The van der Waals surface area contributed by atoms with Crippen LogP contribution in [-0.2, 0) is 11.2 Å². The Labute approximate surface area is 164 Å². The molecule has 0 saturated heterocycles. The second kappa shape index (κ2) is 9.62. The molecule has 3 nitrogen and oxygen atoms in total. The summed E-state index contributed by atoms with van der Waals surface area (Å²) in [6.45, 7) is 0.577. The van der Waals surface area contributed by atoms with Crippen LogP contribution in [0.1, 0.15) is 12.1 Å². The number of halogens is 2. The molecule has 0 aliphatic carbocycles. The van der Waals surface area contributed by atoms with Crippen molar-refractivity contribution >= 4 is 29.0 Å². The highest BCUT2D eigenvalue weighted by Gasteiger charge is 2.09. The van der Waals surface area contributed by atoms with Gasteiger partial charge in [0.25, 0.3) is 0 Å². The van der Waals surface area contributed by atoms with Crippen molar-refractivity contribution in [1.82, 2.24) is 10.3 Å². The number of thioether (sulfide) groups is 1. The third kappa shape index (κ3) is 6.15. The Morgan fingerprint density at radius 1 is 1.11 bits per heavy atom. The van der Waals surface area contributed by atoms with Crippen LogP contribution in [0.3, 0.4) is 0 Å². The van der Waals surface area contributed by atoms with Gasteiger partial charge in [-0.3, -0.25) is 4.79 Å². The maximum Gasteiger partial charge on any atom is 0.226 e. The fraction of sp³-hybridized carbons (Fsp3) is 0.200. The molecule has 3 aromatic rings. The van der Waals surface area contributed by atoms with Crippen LogP contribution >= 0.6 is 23.1 Å². The molecule has 27 heavy (non-hydrogen) atoms. The van der Waals surface area contributed by atoms with Gasteiger partial charge in [0.1, 0.15) is 16.6 Å². The number of aromatic nitrogens is 1. The Kier molecular flexibility index (Phi) is 6.95. The molecule has 1 aromatic heterocycles. The van der Waals surface area contributed by atoms with Gasteiger partial charge < -0.3 is 5.32 Å². The zero-order chi connectivity index (χ0) is 19.1. The molecule has 0 bridgehead atoms. The highest BCUT2D eigenvalue weighted by Crippen LogP contribution is 2.24. The molecule has 3 rings (SSSR count). The van der Waals surface area contributed by atoms with Crippen LogP contribution < -0.4 is 5.32 Å². The van der Waals surface area contributed by atoms with E-state index in [1.807, 2.05) is 5.38 Å². The van der Waals surface area contributed by atoms with Gasteiger partial charge in [0.15, 0.2) is 0 Å². The SMILES string of the molecule is O=C(Cc1csc(-c2cccc(F)c2)n1)NCCCSc1ccc(F)cc1. The van der Waals surface area contributed by atoms with Gasteiger partial charge in [-0.25, -0.2) is 13.8 Å². The third-order valence-electron chi connectivity index (χ3n) is 3.69. The Bertz CT molecular complexity index is 897. The standard InChI is InChI=1S/C20H18F2N2OS2/c21-15-5-7-18(8-6-15)26-10-2-9-23-19(25)12-17-13-27-20(24-17)14-3-1-4-16(22)11-14/h1,3-8,11,13H,2,9-10,12H2,(H,23,25). The van der Waals surface area contributed by atoms with E-state index in [1.165, 1.54) is 35.6 Å². The summed E-state index contributed by atoms with van der Waals surface area (Å²) < 4.78 is 26.1. The lowest BCUT2D eigenvalue weighted by Crippen LogP contribution is -2.26. The van der Waals surface area contributed by atoms with Crippen LogP contribution in [0, 0.1) is 11.6 Å². The maximum absolute atomic E-state index is 13.3. The minimum atomic E-state index is -0.305. The molecule has 7 heteroatoms. The number of nitrogens with one attached hydrogen (secondary N) is 1. The second-order valence-electron chi connectivity index (χ2n) is 5.84. The van der Waals surface area contributed by atoms with Crippen LogP contribution in [0.15, 0.2) is 58.8 Å². The van der Waals surface area contributed by atoms with Crippen molar-refractivity contribution in [2.45, 2.75) is 17.7 Å². The summed E-state index contributed by atoms with van der Waals surface area (Å²) in [5, 5.41) is 5.40. The number of hydrogen-bond donors (Lipinski definition) is 1. The van der Waals surface area contributed by atoms with E-state index in [0.29, 0.717) is 22.8 Å². The van der Waals surface area contributed by atoms with Crippen molar-refractivity contribution in [3.05, 3.63) is 71.2 Å². The van der Waals surface area contributed by atoms with Crippen LogP contribution in [0.2, 0.25) is 0 Å². The van der Waals surface area contributed by atoms with E-state index in [1.54, 1.807) is 36.0 Å². The van der Waals surface area contributed by atoms with Gasteiger partial charge in [-0.1, -0.05) is 12.1 Å². The summed E-state index contributed by atoms with van der Waals surface area (Å²) >= 11 is 3.02. The van der Waals surface area contributed by atoms with Crippen molar-refractivity contribution in [1.29, 1.82) is 0 Å². The van der Waals surface area contributed by atoms with Gasteiger partial charge in [0.05, 0.1) is 12.1 Å². The molecular formula is C20H18F2N2OS2. The molecule has 0 aliphatic heterocycles. The molecule has 0 atom stereocenters. The lowest BCUT2D eigenvalue weighted by Gasteiger charge is -2.04. The predicted octanol–water partition coefficient (Wildman–Crippen LogP) is 4.93. The van der Waals surface area contributed by atoms with Gasteiger partial charge >= 0.3 is 0 Å². The lowest BCUT2D eigenvalue weighted by atomic mass is 10.2. The average molecular weight is 405 g/mol. The van der Waals surface area contributed by atoms with Gasteiger partial charge in [-0.05, 0) is 48.6 Å². The van der Waals surface area contributed by atoms with Crippen LogP contribution in [0.5, 0.6) is 0 Å². The molecule has 0 aliphatic rings. The molecule has 0 spiro atoms. The highest BCUT2D eigenvalue weighted by molar-refractivity contribution is 7.99. The van der Waals surface area contributed by atoms with E-state index in [0.717, 1.165) is 17.1 Å². The predicted molar refractivity (Wildman–Crippen MR) is 106 cm³/mol. The normalized spacial score (nSPS) is 10.7. The first kappa shape index (κ1) is 19.5. The molecule has 140 valence electrons. The number of thiazole rings is 1. The van der Waals surface area contributed by atoms with E-state index < -0.39 is 0 Å². The first-order valence-electron chi connectivity index (χ1n) is 8.45. The molecule has 0 saturated carbocycles. The molecule has 0 radical (unpaired) electrons. The molecule has 1 heterocycles. The Hall–Kier alpha value is -2.25. The van der Waals surface area contributed by atoms with E-state index in [9.17, 15) is 13.6 Å². The molecule has 2 aromatic carbocycles. The fourth-order valence-corrected chi connectivity index (χ4v) is 4.06. The topological polar surface area (TPSA) is 42.0 Å². The minimum Gasteiger partial charge on any atom is -0.356 e. The Morgan fingerprint density at radius 3 is 2.70 bits per heavy atom. The van der Waals surface area contributed by atoms with Crippen LogP contribution in [0.25, 0.3) is 10.6 Å². The second-order valence-corrected chi connectivity index (χ2v) is 7.86. The number of benzene rings is 2. The number of carbonyl (C=O) groups excluding carboxylic acids is 1. The van der Waals surface area contributed by atoms with Crippen molar-refractivity contribution in [3.63, 3.8) is 0 Å². The summed E-state index contributed by atoms with van der Waals surface area (Å²) in [5.41, 5.74) is 1.39. The first-order valence-corrected chi connectivity index (χ1v) is 10.3. The summed E-state index contributed by atoms with van der Waals surface area (Å²) in [6.07, 6.45) is 1.02. The smallest absolute Gasteiger partial charge is 0.226 e. The summed E-state index contributed by atoms with van der Waals surface area (Å²) in [6, 6.07) is 12.6. The van der Waals surface area contributed by atoms with Crippen molar-refractivity contribution in [2.75, 3.05) is 12.3 Å². The number of nitrogens with zero attached hydrogens (tertiary/aromatic N) is 1. The first-order chi connectivity index (χ1) is 13.1. The number of amides is 1. The summed E-state index contributed by atoms with van der Waals surface area (Å²) in [4.78, 5) is 17.4. The van der Waals surface area contributed by atoms with Crippen LogP contribution in [-0.4, -0.2) is 23.2 Å². The number of rotatable bonds is 8. The van der Waals surface area contributed by atoms with E-state index in [4.69, 9.17) is 0 Å². The Balaban J connectivity index is 1.39. The van der Waals surface area contributed by atoms with Gasteiger partial charge in [0, 0.05) is 22.4 Å². The highest BCUT2D eigenvalue weighted by atomic mass is 32.2. The largest absolute Gasteiger partial charge is 0.356 e. The zero-order valence-electron chi connectivity index (χ0n) is 14.5. The number of carbonyl (C=O) groups is 1. The zero-order valence-corrected chi connectivity index (χ0v) is 16.1. The van der Waals surface area contributed by atoms with E-state index in [-0.39, 0.29) is 24.0 Å². The molecule has 1 N–H and O–H groups in total. The summed E-state index contributed by atoms with van der Waals surface area (Å²) in [7, 11) is 0. The fourth-order valence-electron chi connectivity index (χ4n) is 2.39. The molecule has 1 amide bonds. The maximum atomic E-state index is 13.3. The summed E-state index contributed by atoms with van der Waals surface area (Å²) in [5.74, 6) is 0.208. The van der Waals surface area contributed by atoms with Crippen molar-refractivity contribution in [2.24, 2.45) is 0 Å². The average Bonchev–Trinajstić information content (AvgIpc) is 3.11. The minimum absolute atomic E-state index is 0.0853. The molecular weight excluding hydrogens is 386 g/mol. The monoisotopic (exact) mass is 404 g/mol. The molecule has 0 unspecified atom stereocenters. The van der Waals surface area contributed by atoms with Crippen molar-refractivity contribution < 1.29 is 13.6 Å². The van der Waals surface area contributed by atoms with Gasteiger partial charge in [0.2, 0.25) is 5.91 Å². The van der Waals surface area contributed by atoms with Gasteiger partial charge in [-0.2, -0.15) is 0 Å². The third-order valence-corrected chi connectivity index (χ3v) is 5.73. The van der Waals surface area contributed by atoms with E-state index in [2.05, 4.69) is 10.3 Å². The quantitative estimate of drug-likeness (QED) is 0.428.